The molecule has 2 aliphatic heterocycles. The summed E-state index contributed by atoms with van der Waals surface area (Å²) in [6.07, 6.45) is -1.31. The number of hydrazone groups is 1. The molecule has 1 amide bonds. The van der Waals surface area contributed by atoms with Gasteiger partial charge in [-0.2, -0.15) is 5.10 Å². The molecule has 0 aliphatic carbocycles. The summed E-state index contributed by atoms with van der Waals surface area (Å²) in [5, 5.41) is 8.58. The number of alkyl halides is 2. The summed E-state index contributed by atoms with van der Waals surface area (Å²) in [5.41, 5.74) is 0.328. The molecule has 0 spiro atoms. The highest BCUT2D eigenvalue weighted by Crippen LogP contribution is 2.27. The second-order valence-corrected chi connectivity index (χ2v) is 5.87. The van der Waals surface area contributed by atoms with Crippen molar-refractivity contribution in [3.05, 3.63) is 46.8 Å². The quantitative estimate of drug-likeness (QED) is 0.908. The topological polar surface area (TPSA) is 57.1 Å². The Kier molecular flexibility index (Phi) is 4.61. The van der Waals surface area contributed by atoms with E-state index in [-0.39, 0.29) is 5.56 Å². The van der Waals surface area contributed by atoms with E-state index in [2.05, 4.69) is 15.4 Å². The summed E-state index contributed by atoms with van der Waals surface area (Å²) < 4.78 is 39.9. The normalized spacial score (nSPS) is 17.7. The summed E-state index contributed by atoms with van der Waals surface area (Å²) in [6.45, 7) is 4.44. The molecular formula is C17H17F3N4O. The van der Waals surface area contributed by atoms with E-state index in [0.717, 1.165) is 6.07 Å². The maximum atomic E-state index is 14.2. The standard InChI is InChI=1S/C17H17F3N4O/c1-9-8-13(16-21-6-7-24(16)23-9)17(25)22-10(2)11-4-3-5-12(14(11)18)15(19)20/h3-5,8,10,15H,6-7H2,1-2H3,(H,22,25)/t10-/m1/s1. The van der Waals surface area contributed by atoms with Crippen molar-refractivity contribution in [1.82, 2.24) is 10.3 Å². The maximum absolute atomic E-state index is 14.2. The number of nitrogens with zero attached hydrogens (tertiary/aromatic N) is 3. The Morgan fingerprint density at radius 1 is 1.32 bits per heavy atom. The summed E-state index contributed by atoms with van der Waals surface area (Å²) in [5.74, 6) is -0.980. The zero-order valence-electron chi connectivity index (χ0n) is 13.8. The fourth-order valence-electron chi connectivity index (χ4n) is 2.84. The van der Waals surface area contributed by atoms with E-state index in [1.165, 1.54) is 12.1 Å². The van der Waals surface area contributed by atoms with E-state index in [4.69, 9.17) is 0 Å². The van der Waals surface area contributed by atoms with Gasteiger partial charge in [0.05, 0.1) is 36.0 Å². The molecule has 0 radical (unpaired) electrons. The molecule has 0 saturated heterocycles. The Labute approximate surface area is 142 Å². The third kappa shape index (κ3) is 3.29. The minimum atomic E-state index is -2.91. The predicted octanol–water partition coefficient (Wildman–Crippen LogP) is 2.97. The Hall–Kier alpha value is -2.64. The second-order valence-electron chi connectivity index (χ2n) is 5.87. The summed E-state index contributed by atoms with van der Waals surface area (Å²) >= 11 is 0. The van der Waals surface area contributed by atoms with Gasteiger partial charge in [0.1, 0.15) is 5.82 Å². The summed E-state index contributed by atoms with van der Waals surface area (Å²) in [6, 6.07) is 2.99. The number of fused-ring (bicyclic) bond motifs is 1. The number of allylic oxidation sites excluding steroid dienone is 1. The molecule has 2 aliphatic rings. The first-order chi connectivity index (χ1) is 11.9. The van der Waals surface area contributed by atoms with Gasteiger partial charge in [-0.15, -0.1) is 0 Å². The van der Waals surface area contributed by atoms with Gasteiger partial charge in [-0.1, -0.05) is 18.2 Å². The lowest BCUT2D eigenvalue weighted by Crippen LogP contribution is -2.37. The van der Waals surface area contributed by atoms with Gasteiger partial charge in [-0.05, 0) is 19.9 Å². The number of amides is 1. The molecule has 1 N–H and O–H groups in total. The number of hydrogen-bond donors (Lipinski definition) is 1. The van der Waals surface area contributed by atoms with Crippen LogP contribution in [0.25, 0.3) is 0 Å². The first-order valence-corrected chi connectivity index (χ1v) is 7.85. The number of rotatable bonds is 4. The Morgan fingerprint density at radius 2 is 2.04 bits per heavy atom. The lowest BCUT2D eigenvalue weighted by Gasteiger charge is -2.23. The van der Waals surface area contributed by atoms with Crippen molar-refractivity contribution in [3.63, 3.8) is 0 Å². The van der Waals surface area contributed by atoms with E-state index in [0.29, 0.717) is 30.2 Å². The first-order valence-electron chi connectivity index (χ1n) is 7.85. The van der Waals surface area contributed by atoms with Crippen LogP contribution in [0.5, 0.6) is 0 Å². The molecule has 2 heterocycles. The Morgan fingerprint density at radius 3 is 2.76 bits per heavy atom. The largest absolute Gasteiger partial charge is 0.345 e. The average molecular weight is 350 g/mol. The summed E-state index contributed by atoms with van der Waals surface area (Å²) in [7, 11) is 0. The van der Waals surface area contributed by atoms with Crippen molar-refractivity contribution in [3.8, 4) is 0 Å². The van der Waals surface area contributed by atoms with Crippen LogP contribution in [0.2, 0.25) is 0 Å². The van der Waals surface area contributed by atoms with Crippen LogP contribution in [0.4, 0.5) is 13.2 Å². The lowest BCUT2D eigenvalue weighted by atomic mass is 10.0. The number of carbonyl (C=O) groups is 1. The Balaban J connectivity index is 1.82. The highest BCUT2D eigenvalue weighted by Gasteiger charge is 2.29. The zero-order valence-corrected chi connectivity index (χ0v) is 13.8. The molecule has 5 nitrogen and oxygen atoms in total. The van der Waals surface area contributed by atoms with Crippen molar-refractivity contribution in [1.29, 1.82) is 0 Å². The molecule has 25 heavy (non-hydrogen) atoms. The van der Waals surface area contributed by atoms with Crippen LogP contribution in [0, 0.1) is 5.82 Å². The molecule has 0 aromatic heterocycles. The average Bonchev–Trinajstić information content (AvgIpc) is 3.01. The molecule has 0 fully saturated rings. The molecule has 1 atom stereocenters. The molecule has 1 aromatic rings. The van der Waals surface area contributed by atoms with Gasteiger partial charge in [0.2, 0.25) is 0 Å². The Bertz CT molecular complexity index is 801. The van der Waals surface area contributed by atoms with Gasteiger partial charge in [0.15, 0.2) is 5.84 Å². The number of amidine groups is 1. The second kappa shape index (κ2) is 6.70. The molecular weight excluding hydrogens is 333 g/mol. The van der Waals surface area contributed by atoms with Crippen LogP contribution >= 0.6 is 0 Å². The first kappa shape index (κ1) is 17.2. The number of aliphatic imine (C=N–C) groups is 1. The van der Waals surface area contributed by atoms with Gasteiger partial charge in [-0.3, -0.25) is 9.79 Å². The van der Waals surface area contributed by atoms with Gasteiger partial charge in [0.25, 0.3) is 12.3 Å². The van der Waals surface area contributed by atoms with Crippen LogP contribution in [-0.2, 0) is 4.79 Å². The molecule has 0 saturated carbocycles. The molecule has 0 bridgehead atoms. The van der Waals surface area contributed by atoms with Crippen LogP contribution < -0.4 is 5.32 Å². The minimum absolute atomic E-state index is 0.0122. The summed E-state index contributed by atoms with van der Waals surface area (Å²) in [4.78, 5) is 16.9. The minimum Gasteiger partial charge on any atom is -0.345 e. The van der Waals surface area contributed by atoms with Gasteiger partial charge >= 0.3 is 0 Å². The number of benzene rings is 1. The molecule has 1 aromatic carbocycles. The highest BCUT2D eigenvalue weighted by molar-refractivity contribution is 6.25. The molecule has 3 rings (SSSR count). The lowest BCUT2D eigenvalue weighted by molar-refractivity contribution is -0.117. The number of halogens is 3. The number of hydrogen-bond acceptors (Lipinski definition) is 4. The molecule has 8 heteroatoms. The van der Waals surface area contributed by atoms with Gasteiger partial charge in [0, 0.05) is 5.56 Å². The fraction of sp³-hybridized carbons (Fsp3) is 0.353. The maximum Gasteiger partial charge on any atom is 0.266 e. The van der Waals surface area contributed by atoms with Crippen LogP contribution in [0.15, 0.2) is 39.9 Å². The zero-order chi connectivity index (χ0) is 18.1. The van der Waals surface area contributed by atoms with Crippen LogP contribution in [0.1, 0.15) is 37.4 Å². The van der Waals surface area contributed by atoms with Crippen molar-refractivity contribution >= 4 is 17.5 Å². The van der Waals surface area contributed by atoms with Crippen molar-refractivity contribution < 1.29 is 18.0 Å². The van der Waals surface area contributed by atoms with Crippen molar-refractivity contribution in [2.24, 2.45) is 10.1 Å². The SMILES string of the molecule is CC1=NN2CCN=C2C(C(=O)N[C@H](C)c2cccc(C(F)F)c2F)=C1. The van der Waals surface area contributed by atoms with E-state index in [9.17, 15) is 18.0 Å². The van der Waals surface area contributed by atoms with Gasteiger partial charge in [-0.25, -0.2) is 18.2 Å². The smallest absolute Gasteiger partial charge is 0.266 e. The molecule has 132 valence electrons. The van der Waals surface area contributed by atoms with Crippen LogP contribution in [0.3, 0.4) is 0 Å². The van der Waals surface area contributed by atoms with E-state index in [1.54, 1.807) is 24.9 Å². The van der Waals surface area contributed by atoms with E-state index in [1.807, 2.05) is 0 Å². The van der Waals surface area contributed by atoms with Crippen molar-refractivity contribution in [2.45, 2.75) is 26.3 Å². The number of nitrogens with one attached hydrogen (secondary N) is 1. The van der Waals surface area contributed by atoms with Gasteiger partial charge < -0.3 is 5.32 Å². The van der Waals surface area contributed by atoms with Crippen LogP contribution in [-0.4, -0.2) is 35.6 Å². The molecule has 0 unspecified atom stereocenters. The third-order valence-corrected chi connectivity index (χ3v) is 4.04. The fourth-order valence-corrected chi connectivity index (χ4v) is 2.84. The van der Waals surface area contributed by atoms with Crippen molar-refractivity contribution in [2.75, 3.05) is 13.1 Å². The monoisotopic (exact) mass is 350 g/mol. The van der Waals surface area contributed by atoms with E-state index >= 15 is 0 Å². The third-order valence-electron chi connectivity index (χ3n) is 4.04. The predicted molar refractivity (Wildman–Crippen MR) is 88.1 cm³/mol. The number of carbonyl (C=O) groups excluding carboxylic acids is 1. The van der Waals surface area contributed by atoms with E-state index < -0.39 is 29.8 Å². The highest BCUT2D eigenvalue weighted by atomic mass is 19.3.